The van der Waals surface area contributed by atoms with Crippen molar-refractivity contribution in [3.8, 4) is 22.9 Å². The molecular formula is C17H14N4O5S. The Morgan fingerprint density at radius 1 is 1.19 bits per heavy atom. The Hall–Kier alpha value is -3.53. The summed E-state index contributed by atoms with van der Waals surface area (Å²) >= 11 is 1.19. The highest BCUT2D eigenvalue weighted by atomic mass is 32.1. The van der Waals surface area contributed by atoms with E-state index in [-0.39, 0.29) is 17.1 Å². The fourth-order valence-corrected chi connectivity index (χ4v) is 3.03. The molecule has 0 aliphatic heterocycles. The van der Waals surface area contributed by atoms with Crippen LogP contribution >= 0.6 is 11.3 Å². The highest BCUT2D eigenvalue weighted by Gasteiger charge is 2.25. The number of hydrogen-bond acceptors (Lipinski definition) is 8. The van der Waals surface area contributed by atoms with Crippen LogP contribution in [0.5, 0.6) is 11.5 Å². The van der Waals surface area contributed by atoms with Crippen molar-refractivity contribution in [1.29, 1.82) is 0 Å². The number of hydrogen-bond donors (Lipinski definition) is 1. The molecule has 9 nitrogen and oxygen atoms in total. The number of ether oxygens (including phenoxy) is 2. The van der Waals surface area contributed by atoms with Crippen LogP contribution in [-0.4, -0.2) is 35.0 Å². The van der Waals surface area contributed by atoms with Crippen LogP contribution in [0.1, 0.15) is 10.4 Å². The van der Waals surface area contributed by atoms with Crippen molar-refractivity contribution >= 4 is 28.1 Å². The summed E-state index contributed by atoms with van der Waals surface area (Å²) in [6.07, 6.45) is 1.64. The summed E-state index contributed by atoms with van der Waals surface area (Å²) in [5.74, 6) is -0.307. The molecule has 0 radical (unpaired) electrons. The molecule has 0 aliphatic carbocycles. The van der Waals surface area contributed by atoms with Crippen LogP contribution in [0.3, 0.4) is 0 Å². The first kappa shape index (κ1) is 18.3. The van der Waals surface area contributed by atoms with Crippen LogP contribution in [0.25, 0.3) is 11.4 Å². The van der Waals surface area contributed by atoms with E-state index in [0.717, 1.165) is 6.07 Å². The van der Waals surface area contributed by atoms with Gasteiger partial charge in [-0.25, -0.2) is 4.98 Å². The number of rotatable bonds is 6. The smallest absolute Gasteiger partial charge is 0.286 e. The van der Waals surface area contributed by atoms with E-state index in [1.807, 2.05) is 6.07 Å². The Morgan fingerprint density at radius 2 is 1.93 bits per heavy atom. The molecule has 3 rings (SSSR count). The molecule has 0 atom stereocenters. The second kappa shape index (κ2) is 7.79. The van der Waals surface area contributed by atoms with E-state index >= 15 is 0 Å². The first-order chi connectivity index (χ1) is 13.0. The molecule has 0 aliphatic rings. The maximum atomic E-state index is 12.6. The number of aromatic nitrogens is 2. The molecule has 0 unspecified atom stereocenters. The minimum Gasteiger partial charge on any atom is -0.493 e. The molecule has 1 amide bonds. The van der Waals surface area contributed by atoms with Crippen molar-refractivity contribution in [2.75, 3.05) is 19.5 Å². The van der Waals surface area contributed by atoms with Crippen LogP contribution in [0, 0.1) is 10.1 Å². The number of nitro benzene ring substituents is 1. The van der Waals surface area contributed by atoms with Gasteiger partial charge >= 0.3 is 0 Å². The number of carbonyl (C=O) groups is 1. The first-order valence-electron chi connectivity index (χ1n) is 7.62. The van der Waals surface area contributed by atoms with Gasteiger partial charge in [0.2, 0.25) is 0 Å². The molecule has 138 valence electrons. The number of pyridine rings is 1. The SMILES string of the molecule is COc1cc(C(=O)Nc2nc(-c3ccccn3)cs2)c([N+](=O)[O-])cc1OC. The number of nitro groups is 1. The lowest BCUT2D eigenvalue weighted by atomic mass is 10.1. The summed E-state index contributed by atoms with van der Waals surface area (Å²) in [6, 6.07) is 7.82. The first-order valence-corrected chi connectivity index (χ1v) is 8.50. The average molecular weight is 386 g/mol. The molecule has 3 aromatic rings. The lowest BCUT2D eigenvalue weighted by molar-refractivity contribution is -0.385. The Bertz CT molecular complexity index is 990. The predicted octanol–water partition coefficient (Wildman–Crippen LogP) is 3.38. The zero-order chi connectivity index (χ0) is 19.4. The maximum absolute atomic E-state index is 12.6. The van der Waals surface area contributed by atoms with E-state index in [2.05, 4.69) is 15.3 Å². The second-order valence-corrected chi connectivity index (χ2v) is 6.05. The van der Waals surface area contributed by atoms with Gasteiger partial charge in [-0.05, 0) is 12.1 Å². The van der Waals surface area contributed by atoms with Gasteiger partial charge in [-0.3, -0.25) is 25.2 Å². The van der Waals surface area contributed by atoms with Gasteiger partial charge < -0.3 is 9.47 Å². The van der Waals surface area contributed by atoms with Crippen molar-refractivity contribution in [1.82, 2.24) is 9.97 Å². The van der Waals surface area contributed by atoms with Crippen molar-refractivity contribution in [2.24, 2.45) is 0 Å². The Kier molecular flexibility index (Phi) is 5.27. The monoisotopic (exact) mass is 386 g/mol. The van der Waals surface area contributed by atoms with Crippen LogP contribution in [0.15, 0.2) is 41.9 Å². The van der Waals surface area contributed by atoms with Crippen molar-refractivity contribution in [3.63, 3.8) is 0 Å². The van der Waals surface area contributed by atoms with Gasteiger partial charge in [-0.2, -0.15) is 0 Å². The lowest BCUT2D eigenvalue weighted by Gasteiger charge is -2.10. The Balaban J connectivity index is 1.90. The largest absolute Gasteiger partial charge is 0.493 e. The summed E-state index contributed by atoms with van der Waals surface area (Å²) in [6.45, 7) is 0. The standard InChI is InChI=1S/C17H14N4O5S/c1-25-14-7-10(13(21(23)24)8-15(14)26-2)16(22)20-17-19-12(9-27-17)11-5-3-4-6-18-11/h3-9H,1-2H3,(H,19,20,22). The van der Waals surface area contributed by atoms with Crippen LogP contribution < -0.4 is 14.8 Å². The minimum atomic E-state index is -0.676. The topological polar surface area (TPSA) is 116 Å². The van der Waals surface area contributed by atoms with Crippen molar-refractivity contribution < 1.29 is 19.2 Å². The van der Waals surface area contributed by atoms with E-state index in [1.54, 1.807) is 23.7 Å². The van der Waals surface area contributed by atoms with E-state index < -0.39 is 16.5 Å². The third-order valence-corrected chi connectivity index (χ3v) is 4.35. The van der Waals surface area contributed by atoms with Gasteiger partial charge in [0, 0.05) is 17.6 Å². The second-order valence-electron chi connectivity index (χ2n) is 5.19. The van der Waals surface area contributed by atoms with Crippen molar-refractivity contribution in [2.45, 2.75) is 0 Å². The van der Waals surface area contributed by atoms with Gasteiger partial charge in [-0.15, -0.1) is 11.3 Å². The number of thiazole rings is 1. The highest BCUT2D eigenvalue weighted by Crippen LogP contribution is 2.35. The van der Waals surface area contributed by atoms with E-state index in [1.165, 1.54) is 31.6 Å². The molecule has 27 heavy (non-hydrogen) atoms. The Labute approximate surface area is 157 Å². The lowest BCUT2D eigenvalue weighted by Crippen LogP contribution is -2.14. The molecule has 0 fully saturated rings. The van der Waals surface area contributed by atoms with Crippen LogP contribution in [0.4, 0.5) is 10.8 Å². The van der Waals surface area contributed by atoms with Gasteiger partial charge in [0.15, 0.2) is 16.6 Å². The van der Waals surface area contributed by atoms with Gasteiger partial charge in [0.05, 0.1) is 30.9 Å². The number of benzene rings is 1. The average Bonchev–Trinajstić information content (AvgIpc) is 3.15. The normalized spacial score (nSPS) is 10.3. The molecule has 0 bridgehead atoms. The fraction of sp³-hybridized carbons (Fsp3) is 0.118. The van der Waals surface area contributed by atoms with Gasteiger partial charge in [-0.1, -0.05) is 6.07 Å². The van der Waals surface area contributed by atoms with Gasteiger partial charge in [0.25, 0.3) is 11.6 Å². The third kappa shape index (κ3) is 3.85. The molecule has 2 heterocycles. The molecule has 0 saturated heterocycles. The number of nitrogens with zero attached hydrogens (tertiary/aromatic N) is 3. The molecule has 0 saturated carbocycles. The summed E-state index contributed by atoms with van der Waals surface area (Å²) in [7, 11) is 2.74. The number of carbonyl (C=O) groups excluding carboxylic acids is 1. The molecule has 0 spiro atoms. The van der Waals surface area contributed by atoms with Crippen molar-refractivity contribution in [3.05, 3.63) is 57.6 Å². The van der Waals surface area contributed by atoms with Crippen LogP contribution in [-0.2, 0) is 0 Å². The molecule has 1 aromatic carbocycles. The summed E-state index contributed by atoms with van der Waals surface area (Å²) in [5.41, 5.74) is 0.697. The number of nitrogens with one attached hydrogen (secondary N) is 1. The summed E-state index contributed by atoms with van der Waals surface area (Å²) in [5, 5.41) is 15.9. The predicted molar refractivity (Wildman–Crippen MR) is 99.5 cm³/mol. The van der Waals surface area contributed by atoms with Crippen LogP contribution in [0.2, 0.25) is 0 Å². The van der Waals surface area contributed by atoms with E-state index in [0.29, 0.717) is 16.5 Å². The third-order valence-electron chi connectivity index (χ3n) is 3.60. The summed E-state index contributed by atoms with van der Waals surface area (Å²) in [4.78, 5) is 31.8. The number of anilines is 1. The molecular weight excluding hydrogens is 372 g/mol. The zero-order valence-electron chi connectivity index (χ0n) is 14.3. The number of amides is 1. The molecule has 10 heteroatoms. The molecule has 1 N–H and O–H groups in total. The zero-order valence-corrected chi connectivity index (χ0v) is 15.1. The minimum absolute atomic E-state index is 0.160. The van der Waals surface area contributed by atoms with Gasteiger partial charge in [0.1, 0.15) is 11.3 Å². The number of methoxy groups -OCH3 is 2. The highest BCUT2D eigenvalue weighted by molar-refractivity contribution is 7.14. The fourth-order valence-electron chi connectivity index (χ4n) is 2.33. The van der Waals surface area contributed by atoms with E-state index in [4.69, 9.17) is 9.47 Å². The quantitative estimate of drug-likeness (QED) is 0.510. The maximum Gasteiger partial charge on any atom is 0.286 e. The summed E-state index contributed by atoms with van der Waals surface area (Å²) < 4.78 is 10.2. The van der Waals surface area contributed by atoms with E-state index in [9.17, 15) is 14.9 Å². The molecule has 2 aromatic heterocycles. The Morgan fingerprint density at radius 3 is 2.56 bits per heavy atom.